The number of rotatable bonds is 2. The molecule has 0 aliphatic rings. The Morgan fingerprint density at radius 3 is 2.38 bits per heavy atom. The van der Waals surface area contributed by atoms with Gasteiger partial charge in [-0.05, 0) is 30.3 Å². The molecule has 0 unspecified atom stereocenters. The summed E-state index contributed by atoms with van der Waals surface area (Å²) >= 11 is 0.898. The van der Waals surface area contributed by atoms with Crippen molar-refractivity contribution in [1.29, 1.82) is 10.5 Å². The fourth-order valence-corrected chi connectivity index (χ4v) is 3.39. The number of hydrogen-bond donors (Lipinski definition) is 0. The summed E-state index contributed by atoms with van der Waals surface area (Å²) < 4.78 is 28.5. The number of hydrogen-bond acceptors (Lipinski definition) is 4. The maximum atomic E-state index is 13.9. The fraction of sp³-hybridized carbons (Fsp3) is 0. The third-order valence-electron chi connectivity index (χ3n) is 3.52. The van der Waals surface area contributed by atoms with Gasteiger partial charge in [0.05, 0.1) is 10.2 Å². The summed E-state index contributed by atoms with van der Waals surface area (Å²) in [7, 11) is 0. The summed E-state index contributed by atoms with van der Waals surface area (Å²) in [5, 5.41) is 18.4. The second-order valence-corrected chi connectivity index (χ2v) is 6.19. The van der Waals surface area contributed by atoms with Crippen LogP contribution < -0.4 is 14.8 Å². The number of aromatic nitrogens is 1. The molecule has 0 N–H and O–H groups in total. The lowest BCUT2D eigenvalue weighted by Gasteiger charge is -2.00. The molecule has 0 spiro atoms. The minimum absolute atomic E-state index is 0.0342. The van der Waals surface area contributed by atoms with E-state index in [9.17, 15) is 24.1 Å². The van der Waals surface area contributed by atoms with Crippen LogP contribution in [0.15, 0.2) is 53.3 Å². The van der Waals surface area contributed by atoms with Crippen LogP contribution in [0.25, 0.3) is 17.3 Å². The summed E-state index contributed by atoms with van der Waals surface area (Å²) in [6, 6.07) is 15.1. The number of halogens is 2. The highest BCUT2D eigenvalue weighted by Crippen LogP contribution is 2.10. The zero-order valence-corrected chi connectivity index (χ0v) is 13.9. The Hall–Kier alpha value is -3.55. The van der Waals surface area contributed by atoms with E-state index in [-0.39, 0.29) is 20.3 Å². The molecule has 1 aromatic heterocycles. The van der Waals surface area contributed by atoms with Crippen LogP contribution in [-0.2, 0) is 0 Å². The molecule has 0 radical (unpaired) electrons. The van der Waals surface area contributed by atoms with Crippen molar-refractivity contribution in [1.82, 2.24) is 4.57 Å². The van der Waals surface area contributed by atoms with Crippen molar-refractivity contribution in [2.24, 2.45) is 0 Å². The second-order valence-electron chi connectivity index (χ2n) is 5.16. The molecule has 3 aromatic rings. The Balaban J connectivity index is 2.40. The summed E-state index contributed by atoms with van der Waals surface area (Å²) in [5.74, 6) is -1.53. The first-order chi connectivity index (χ1) is 12.5. The van der Waals surface area contributed by atoms with Crippen LogP contribution in [0.3, 0.4) is 0 Å². The predicted molar refractivity (Wildman–Crippen MR) is 93.7 cm³/mol. The highest BCUT2D eigenvalue weighted by Gasteiger charge is 2.11. The molecule has 0 aliphatic heterocycles. The van der Waals surface area contributed by atoms with E-state index in [1.807, 2.05) is 0 Å². The Morgan fingerprint density at radius 1 is 1.08 bits per heavy atom. The van der Waals surface area contributed by atoms with E-state index in [1.54, 1.807) is 42.5 Å². The van der Waals surface area contributed by atoms with Crippen LogP contribution in [0.5, 0.6) is 0 Å². The summed E-state index contributed by atoms with van der Waals surface area (Å²) in [5.41, 5.74) is -0.212. The molecule has 3 rings (SSSR count). The zero-order valence-electron chi connectivity index (χ0n) is 13.1. The van der Waals surface area contributed by atoms with Gasteiger partial charge in [0, 0.05) is 11.6 Å². The van der Waals surface area contributed by atoms with Crippen molar-refractivity contribution in [2.75, 3.05) is 0 Å². The van der Waals surface area contributed by atoms with Gasteiger partial charge in [-0.25, -0.2) is 8.78 Å². The second kappa shape index (κ2) is 7.14. The van der Waals surface area contributed by atoms with Gasteiger partial charge in [0.1, 0.15) is 28.4 Å². The van der Waals surface area contributed by atoms with Gasteiger partial charge in [-0.15, -0.1) is 11.3 Å². The Labute approximate surface area is 150 Å². The van der Waals surface area contributed by atoms with E-state index in [1.165, 1.54) is 16.7 Å². The van der Waals surface area contributed by atoms with E-state index in [2.05, 4.69) is 0 Å². The van der Waals surface area contributed by atoms with Crippen molar-refractivity contribution < 1.29 is 8.78 Å². The summed E-state index contributed by atoms with van der Waals surface area (Å²) in [6.07, 6.45) is 1.27. The number of para-hydroxylation sites is 1. The van der Waals surface area contributed by atoms with Gasteiger partial charge in [0.2, 0.25) is 0 Å². The lowest BCUT2D eigenvalue weighted by atomic mass is 10.2. The Kier molecular flexibility index (Phi) is 4.74. The van der Waals surface area contributed by atoms with E-state index in [0.717, 1.165) is 23.5 Å². The molecule has 0 bridgehead atoms. The maximum absolute atomic E-state index is 13.9. The van der Waals surface area contributed by atoms with E-state index in [4.69, 9.17) is 0 Å². The topological polar surface area (TPSA) is 69.6 Å². The highest BCUT2D eigenvalue weighted by molar-refractivity contribution is 7.07. The lowest BCUT2D eigenvalue weighted by Crippen LogP contribution is -2.30. The van der Waals surface area contributed by atoms with Gasteiger partial charge in [-0.3, -0.25) is 9.36 Å². The molecule has 0 saturated heterocycles. The third-order valence-corrected chi connectivity index (χ3v) is 4.62. The van der Waals surface area contributed by atoms with E-state index >= 15 is 0 Å². The van der Waals surface area contributed by atoms with Crippen LogP contribution in [0.4, 0.5) is 8.78 Å². The average Bonchev–Trinajstić information content (AvgIpc) is 2.95. The van der Waals surface area contributed by atoms with Gasteiger partial charge in [0.25, 0.3) is 5.56 Å². The monoisotopic (exact) mass is 365 g/mol. The van der Waals surface area contributed by atoms with Gasteiger partial charge in [-0.1, -0.05) is 18.2 Å². The molecule has 4 nitrogen and oxygen atoms in total. The summed E-state index contributed by atoms with van der Waals surface area (Å²) in [6.45, 7) is 0. The van der Waals surface area contributed by atoms with Crippen LogP contribution in [0.1, 0.15) is 5.56 Å². The first kappa shape index (κ1) is 17.3. The maximum Gasteiger partial charge on any atom is 0.273 e. The quantitative estimate of drug-likeness (QED) is 0.699. The fourth-order valence-electron chi connectivity index (χ4n) is 2.34. The van der Waals surface area contributed by atoms with Crippen molar-refractivity contribution in [3.8, 4) is 17.8 Å². The van der Waals surface area contributed by atoms with Crippen molar-refractivity contribution in [3.63, 3.8) is 0 Å². The number of thiazole rings is 1. The minimum atomic E-state index is -0.810. The normalized spacial score (nSPS) is 11.0. The first-order valence-electron chi connectivity index (χ1n) is 7.33. The SMILES string of the molecule is N#CC(C#N)=c1s/c(=C\c2ccc(F)cc2F)c(=O)n1-c1ccccc1. The molecule has 1 heterocycles. The largest absolute Gasteiger partial charge is 0.273 e. The van der Waals surface area contributed by atoms with Crippen molar-refractivity contribution in [2.45, 2.75) is 0 Å². The number of nitrogens with zero attached hydrogens (tertiary/aromatic N) is 3. The Bertz CT molecular complexity index is 1230. The summed E-state index contributed by atoms with van der Waals surface area (Å²) in [4.78, 5) is 12.8. The van der Waals surface area contributed by atoms with Crippen LogP contribution in [-0.4, -0.2) is 4.57 Å². The lowest BCUT2D eigenvalue weighted by molar-refractivity contribution is 0.581. The number of nitriles is 2. The first-order valence-corrected chi connectivity index (χ1v) is 8.15. The Morgan fingerprint density at radius 2 is 1.77 bits per heavy atom. The molecule has 126 valence electrons. The van der Waals surface area contributed by atoms with Gasteiger partial charge < -0.3 is 0 Å². The molecular weight excluding hydrogens is 356 g/mol. The molecule has 0 atom stereocenters. The molecule has 0 fully saturated rings. The number of benzene rings is 2. The third kappa shape index (κ3) is 3.16. The molecule has 0 aliphatic carbocycles. The highest BCUT2D eigenvalue weighted by atomic mass is 32.1. The van der Waals surface area contributed by atoms with Crippen molar-refractivity contribution >= 4 is 23.0 Å². The molecular formula is C19H9F2N3OS. The molecule has 2 aromatic carbocycles. The van der Waals surface area contributed by atoms with Crippen LogP contribution >= 0.6 is 11.3 Å². The van der Waals surface area contributed by atoms with Gasteiger partial charge in [0.15, 0.2) is 5.57 Å². The van der Waals surface area contributed by atoms with Gasteiger partial charge in [-0.2, -0.15) is 10.5 Å². The van der Waals surface area contributed by atoms with Crippen LogP contribution in [0.2, 0.25) is 0 Å². The molecule has 26 heavy (non-hydrogen) atoms. The van der Waals surface area contributed by atoms with E-state index in [0.29, 0.717) is 5.69 Å². The molecule has 0 saturated carbocycles. The molecule has 7 heteroatoms. The predicted octanol–water partition coefficient (Wildman–Crippen LogP) is 2.20. The van der Waals surface area contributed by atoms with Crippen LogP contribution in [0, 0.1) is 34.3 Å². The van der Waals surface area contributed by atoms with Crippen molar-refractivity contribution in [3.05, 3.63) is 85.3 Å². The smallest absolute Gasteiger partial charge is 0.267 e. The molecule has 0 amide bonds. The standard InChI is InChI=1S/C19H9F2N3OS/c20-14-7-6-12(16(21)9-14)8-17-18(25)24(15-4-2-1-3-5-15)19(26-17)13(10-22)11-23/h1-9H/b17-8-. The minimum Gasteiger partial charge on any atom is -0.267 e. The zero-order chi connectivity index (χ0) is 18.7. The van der Waals surface area contributed by atoms with Gasteiger partial charge >= 0.3 is 0 Å². The average molecular weight is 365 g/mol. The van der Waals surface area contributed by atoms with E-state index < -0.39 is 17.2 Å².